The van der Waals surface area contributed by atoms with Crippen molar-refractivity contribution >= 4 is 29.1 Å². The fourth-order valence-corrected chi connectivity index (χ4v) is 4.45. The predicted molar refractivity (Wildman–Crippen MR) is 111 cm³/mol. The Labute approximate surface area is 170 Å². The SMILES string of the molecule is O=C(NCc1ccc(Cl)cc1)C1CCC(C(=O)N2CCc3ccccc32)CC1. The quantitative estimate of drug-likeness (QED) is 0.835. The third-order valence-corrected chi connectivity index (χ3v) is 6.23. The number of para-hydroxylation sites is 1. The molecule has 0 aromatic heterocycles. The van der Waals surface area contributed by atoms with E-state index >= 15 is 0 Å². The minimum absolute atomic E-state index is 0.00205. The lowest BCUT2D eigenvalue weighted by molar-refractivity contribution is -0.129. The highest BCUT2D eigenvalue weighted by Crippen LogP contribution is 2.34. The number of hydrogen-bond donors (Lipinski definition) is 1. The number of benzene rings is 2. The van der Waals surface area contributed by atoms with Gasteiger partial charge in [0.05, 0.1) is 0 Å². The summed E-state index contributed by atoms with van der Waals surface area (Å²) >= 11 is 5.89. The Kier molecular flexibility index (Phi) is 5.67. The normalized spacial score (nSPS) is 21.2. The van der Waals surface area contributed by atoms with Crippen LogP contribution in [0.1, 0.15) is 36.8 Å². The van der Waals surface area contributed by atoms with Crippen molar-refractivity contribution in [3.8, 4) is 0 Å². The van der Waals surface area contributed by atoms with Crippen molar-refractivity contribution in [3.63, 3.8) is 0 Å². The van der Waals surface area contributed by atoms with Gasteiger partial charge in [-0.1, -0.05) is 41.9 Å². The Hall–Kier alpha value is -2.33. The second-order valence-electron chi connectivity index (χ2n) is 7.76. The molecule has 2 aromatic carbocycles. The highest BCUT2D eigenvalue weighted by atomic mass is 35.5. The summed E-state index contributed by atoms with van der Waals surface area (Å²) in [4.78, 5) is 27.4. The maximum Gasteiger partial charge on any atom is 0.230 e. The maximum atomic E-state index is 13.0. The highest BCUT2D eigenvalue weighted by Gasteiger charge is 2.34. The Morgan fingerprint density at radius 3 is 2.39 bits per heavy atom. The van der Waals surface area contributed by atoms with E-state index < -0.39 is 0 Å². The average Bonchev–Trinajstić information content (AvgIpc) is 3.17. The van der Waals surface area contributed by atoms with Crippen LogP contribution in [-0.4, -0.2) is 18.4 Å². The Bertz CT molecular complexity index is 857. The van der Waals surface area contributed by atoms with Gasteiger partial charge in [-0.3, -0.25) is 9.59 Å². The molecule has 5 heteroatoms. The van der Waals surface area contributed by atoms with Crippen LogP contribution in [0, 0.1) is 11.8 Å². The van der Waals surface area contributed by atoms with E-state index in [9.17, 15) is 9.59 Å². The van der Waals surface area contributed by atoms with E-state index in [4.69, 9.17) is 11.6 Å². The molecule has 4 nitrogen and oxygen atoms in total. The fraction of sp³-hybridized carbons (Fsp3) is 0.391. The zero-order valence-corrected chi connectivity index (χ0v) is 16.6. The Morgan fingerprint density at radius 1 is 0.964 bits per heavy atom. The summed E-state index contributed by atoms with van der Waals surface area (Å²) in [5.74, 6) is 0.353. The largest absolute Gasteiger partial charge is 0.352 e. The van der Waals surface area contributed by atoms with E-state index in [0.717, 1.165) is 49.9 Å². The number of carbonyl (C=O) groups excluding carboxylic acids is 2. The first-order chi connectivity index (χ1) is 13.6. The molecule has 2 aliphatic rings. The molecule has 0 atom stereocenters. The summed E-state index contributed by atoms with van der Waals surface area (Å²) < 4.78 is 0. The van der Waals surface area contributed by atoms with Gasteiger partial charge in [0, 0.05) is 35.6 Å². The number of nitrogens with one attached hydrogen (secondary N) is 1. The molecule has 2 aromatic rings. The summed E-state index contributed by atoms with van der Waals surface area (Å²) in [6.07, 6.45) is 4.06. The molecule has 146 valence electrons. The van der Waals surface area contributed by atoms with Crippen molar-refractivity contribution in [2.24, 2.45) is 11.8 Å². The number of amides is 2. The molecule has 1 heterocycles. The number of carbonyl (C=O) groups is 2. The molecule has 0 radical (unpaired) electrons. The summed E-state index contributed by atoms with van der Waals surface area (Å²) in [6, 6.07) is 15.7. The van der Waals surface area contributed by atoms with E-state index in [1.165, 1.54) is 5.56 Å². The zero-order chi connectivity index (χ0) is 19.5. The van der Waals surface area contributed by atoms with Gasteiger partial charge in [0.15, 0.2) is 0 Å². The molecule has 1 aliphatic heterocycles. The van der Waals surface area contributed by atoms with Gasteiger partial charge in [-0.25, -0.2) is 0 Å². The molecule has 0 bridgehead atoms. The van der Waals surface area contributed by atoms with Crippen LogP contribution >= 0.6 is 11.6 Å². The van der Waals surface area contributed by atoms with Gasteiger partial charge in [-0.15, -0.1) is 0 Å². The number of rotatable bonds is 4. The van der Waals surface area contributed by atoms with Crippen molar-refractivity contribution in [1.29, 1.82) is 0 Å². The van der Waals surface area contributed by atoms with Crippen molar-refractivity contribution in [2.75, 3.05) is 11.4 Å². The molecule has 0 saturated heterocycles. The fourth-order valence-electron chi connectivity index (χ4n) is 4.33. The van der Waals surface area contributed by atoms with Crippen LogP contribution in [0.2, 0.25) is 5.02 Å². The van der Waals surface area contributed by atoms with Gasteiger partial charge < -0.3 is 10.2 Å². The van der Waals surface area contributed by atoms with E-state index in [2.05, 4.69) is 11.4 Å². The summed E-state index contributed by atoms with van der Waals surface area (Å²) in [7, 11) is 0. The minimum atomic E-state index is 0.00205. The topological polar surface area (TPSA) is 49.4 Å². The maximum absolute atomic E-state index is 13.0. The van der Waals surface area contributed by atoms with Crippen molar-refractivity contribution in [1.82, 2.24) is 5.32 Å². The molecule has 0 spiro atoms. The zero-order valence-electron chi connectivity index (χ0n) is 15.9. The average molecular weight is 397 g/mol. The van der Waals surface area contributed by atoms with E-state index in [1.807, 2.05) is 47.4 Å². The first-order valence-electron chi connectivity index (χ1n) is 10.0. The number of nitrogens with zero attached hydrogens (tertiary/aromatic N) is 1. The molecule has 2 amide bonds. The highest BCUT2D eigenvalue weighted by molar-refractivity contribution is 6.30. The summed E-state index contributed by atoms with van der Waals surface area (Å²) in [5, 5.41) is 3.72. The van der Waals surface area contributed by atoms with Crippen LogP contribution in [0.15, 0.2) is 48.5 Å². The second-order valence-corrected chi connectivity index (χ2v) is 8.20. The predicted octanol–water partition coefficient (Wildman–Crippen LogP) is 4.35. The molecule has 0 unspecified atom stereocenters. The van der Waals surface area contributed by atoms with Crippen LogP contribution < -0.4 is 10.2 Å². The Morgan fingerprint density at radius 2 is 1.64 bits per heavy atom. The first-order valence-corrected chi connectivity index (χ1v) is 10.4. The van der Waals surface area contributed by atoms with Gasteiger partial charge in [0.25, 0.3) is 0 Å². The van der Waals surface area contributed by atoms with Crippen molar-refractivity contribution in [2.45, 2.75) is 38.6 Å². The van der Waals surface area contributed by atoms with E-state index in [1.54, 1.807) is 0 Å². The molecule has 4 rings (SSSR count). The smallest absolute Gasteiger partial charge is 0.230 e. The number of anilines is 1. The third-order valence-electron chi connectivity index (χ3n) is 5.98. The van der Waals surface area contributed by atoms with Crippen LogP contribution in [0.3, 0.4) is 0 Å². The number of fused-ring (bicyclic) bond motifs is 1. The van der Waals surface area contributed by atoms with E-state index in [0.29, 0.717) is 11.6 Å². The molecule has 28 heavy (non-hydrogen) atoms. The lowest BCUT2D eigenvalue weighted by Crippen LogP contribution is -2.39. The van der Waals surface area contributed by atoms with E-state index in [-0.39, 0.29) is 23.7 Å². The monoisotopic (exact) mass is 396 g/mol. The number of hydrogen-bond acceptors (Lipinski definition) is 2. The molecule has 1 aliphatic carbocycles. The number of halogens is 1. The lowest BCUT2D eigenvalue weighted by atomic mass is 9.81. The molecular formula is C23H25ClN2O2. The molecular weight excluding hydrogens is 372 g/mol. The summed E-state index contributed by atoms with van der Waals surface area (Å²) in [6.45, 7) is 1.29. The van der Waals surface area contributed by atoms with Crippen LogP contribution in [-0.2, 0) is 22.6 Å². The van der Waals surface area contributed by atoms with Crippen molar-refractivity contribution < 1.29 is 9.59 Å². The van der Waals surface area contributed by atoms with Crippen molar-refractivity contribution in [3.05, 3.63) is 64.7 Å². The summed E-state index contributed by atoms with van der Waals surface area (Å²) in [5.41, 5.74) is 3.36. The van der Waals surface area contributed by atoms with Gasteiger partial charge in [0.1, 0.15) is 0 Å². The molecule has 1 fully saturated rings. The molecule has 1 saturated carbocycles. The van der Waals surface area contributed by atoms with Gasteiger partial charge in [-0.05, 0) is 61.4 Å². The van der Waals surface area contributed by atoms with Gasteiger partial charge in [0.2, 0.25) is 11.8 Å². The van der Waals surface area contributed by atoms with Crippen LogP contribution in [0.4, 0.5) is 5.69 Å². The minimum Gasteiger partial charge on any atom is -0.352 e. The Balaban J connectivity index is 1.28. The van der Waals surface area contributed by atoms with Crippen LogP contribution in [0.25, 0.3) is 0 Å². The van der Waals surface area contributed by atoms with Gasteiger partial charge >= 0.3 is 0 Å². The molecule has 1 N–H and O–H groups in total. The second kappa shape index (κ2) is 8.36. The third kappa shape index (κ3) is 4.07. The van der Waals surface area contributed by atoms with Gasteiger partial charge in [-0.2, -0.15) is 0 Å². The standard InChI is InChI=1S/C23H25ClN2O2/c24-20-11-5-16(6-12-20)15-25-22(27)18-7-9-19(10-8-18)23(28)26-14-13-17-3-1-2-4-21(17)26/h1-6,11-12,18-19H,7-10,13-15H2,(H,25,27). The lowest BCUT2D eigenvalue weighted by Gasteiger charge is -2.30. The first kappa shape index (κ1) is 19.0. The van der Waals surface area contributed by atoms with Crippen LogP contribution in [0.5, 0.6) is 0 Å².